The third-order valence-electron chi connectivity index (χ3n) is 4.02. The second-order valence-electron chi connectivity index (χ2n) is 5.44. The predicted octanol–water partition coefficient (Wildman–Crippen LogP) is 3.96. The van der Waals surface area contributed by atoms with Crippen LogP contribution in [0.3, 0.4) is 0 Å². The number of nitriles is 1. The molecule has 4 rings (SSSR count). The fourth-order valence-electron chi connectivity index (χ4n) is 2.86. The van der Waals surface area contributed by atoms with Crippen LogP contribution in [0.5, 0.6) is 11.5 Å². The number of para-hydroxylation sites is 1. The molecule has 0 N–H and O–H groups in total. The molecule has 26 heavy (non-hydrogen) atoms. The molecule has 128 valence electrons. The van der Waals surface area contributed by atoms with Gasteiger partial charge in [-0.1, -0.05) is 12.1 Å². The Morgan fingerprint density at radius 1 is 1.19 bits per heavy atom. The quantitative estimate of drug-likeness (QED) is 0.512. The van der Waals surface area contributed by atoms with Crippen LogP contribution in [0, 0.1) is 11.3 Å². The molecule has 0 fully saturated rings. The van der Waals surface area contributed by atoms with Crippen molar-refractivity contribution in [1.29, 1.82) is 5.26 Å². The van der Waals surface area contributed by atoms with E-state index in [-0.39, 0.29) is 16.9 Å². The van der Waals surface area contributed by atoms with E-state index in [2.05, 4.69) is 11.1 Å². The zero-order chi connectivity index (χ0) is 18.3. The summed E-state index contributed by atoms with van der Waals surface area (Å²) >= 11 is 1.48. The van der Waals surface area contributed by atoms with Crippen molar-refractivity contribution in [2.24, 2.45) is 0 Å². The molecule has 6 nitrogen and oxygen atoms in total. The minimum absolute atomic E-state index is 0.118. The lowest BCUT2D eigenvalue weighted by Crippen LogP contribution is -2.07. The van der Waals surface area contributed by atoms with E-state index in [1.54, 1.807) is 12.1 Å². The normalized spacial score (nSPS) is 10.8. The van der Waals surface area contributed by atoms with Crippen molar-refractivity contribution in [3.05, 3.63) is 52.4 Å². The Bertz CT molecular complexity index is 1220. The predicted molar refractivity (Wildman–Crippen MR) is 98.9 cm³/mol. The molecule has 0 aliphatic heterocycles. The minimum Gasteiger partial charge on any atom is -0.497 e. The highest BCUT2D eigenvalue weighted by Crippen LogP contribution is 2.39. The van der Waals surface area contributed by atoms with Crippen molar-refractivity contribution in [2.75, 3.05) is 14.2 Å². The van der Waals surface area contributed by atoms with E-state index in [4.69, 9.17) is 13.9 Å². The molecule has 0 aliphatic carbocycles. The molecule has 0 unspecified atom stereocenters. The molecule has 0 saturated heterocycles. The van der Waals surface area contributed by atoms with Gasteiger partial charge in [-0.3, -0.25) is 0 Å². The van der Waals surface area contributed by atoms with E-state index in [1.807, 2.05) is 24.3 Å². The van der Waals surface area contributed by atoms with Gasteiger partial charge in [0.05, 0.1) is 24.4 Å². The van der Waals surface area contributed by atoms with E-state index >= 15 is 0 Å². The van der Waals surface area contributed by atoms with Gasteiger partial charge in [-0.2, -0.15) is 5.26 Å². The van der Waals surface area contributed by atoms with E-state index in [0.29, 0.717) is 21.7 Å². The van der Waals surface area contributed by atoms with Gasteiger partial charge in [0.15, 0.2) is 0 Å². The van der Waals surface area contributed by atoms with E-state index in [9.17, 15) is 10.1 Å². The van der Waals surface area contributed by atoms with Crippen molar-refractivity contribution < 1.29 is 13.9 Å². The largest absolute Gasteiger partial charge is 0.497 e. The number of aromatic nitrogens is 1. The summed E-state index contributed by atoms with van der Waals surface area (Å²) in [5.41, 5.74) is 1.17. The molecule has 0 atom stereocenters. The van der Waals surface area contributed by atoms with Gasteiger partial charge in [-0.25, -0.2) is 9.78 Å². The molecule has 7 heteroatoms. The van der Waals surface area contributed by atoms with Crippen LogP contribution in [-0.4, -0.2) is 19.2 Å². The average molecular weight is 364 g/mol. The van der Waals surface area contributed by atoms with Crippen LogP contribution in [0.15, 0.2) is 45.6 Å². The third kappa shape index (κ3) is 2.39. The highest BCUT2D eigenvalue weighted by molar-refractivity contribution is 7.21. The zero-order valence-electron chi connectivity index (χ0n) is 13.9. The Kier molecular flexibility index (Phi) is 3.82. The summed E-state index contributed by atoms with van der Waals surface area (Å²) in [7, 11) is 2.86. The number of rotatable bonds is 3. The van der Waals surface area contributed by atoms with Crippen molar-refractivity contribution >= 4 is 32.5 Å². The molecule has 0 aliphatic rings. The summed E-state index contributed by atoms with van der Waals surface area (Å²) < 4.78 is 16.8. The molecular weight excluding hydrogens is 352 g/mol. The minimum atomic E-state index is -0.708. The van der Waals surface area contributed by atoms with Crippen molar-refractivity contribution in [3.63, 3.8) is 0 Å². The number of benzene rings is 2. The standard InChI is InChI=1S/C19H12N2O4S/c1-23-10-7-11(18-21-13-5-3-4-6-15(13)26-18)16-12(9-20)17(24-2)19(22)25-14(16)8-10/h3-8H,1-2H3. The number of ether oxygens (including phenoxy) is 2. The first-order valence-electron chi connectivity index (χ1n) is 7.65. The van der Waals surface area contributed by atoms with Gasteiger partial charge in [0.1, 0.15) is 28.0 Å². The number of methoxy groups -OCH3 is 2. The fraction of sp³-hybridized carbons (Fsp3) is 0.105. The molecule has 2 heterocycles. The Balaban J connectivity index is 2.16. The summed E-state index contributed by atoms with van der Waals surface area (Å²) in [6, 6.07) is 13.2. The van der Waals surface area contributed by atoms with E-state index in [1.165, 1.54) is 25.6 Å². The van der Waals surface area contributed by atoms with Crippen LogP contribution < -0.4 is 15.1 Å². The van der Waals surface area contributed by atoms with Gasteiger partial charge in [0, 0.05) is 17.0 Å². The monoisotopic (exact) mass is 364 g/mol. The lowest BCUT2D eigenvalue weighted by molar-refractivity contribution is 0.383. The summed E-state index contributed by atoms with van der Waals surface area (Å²) in [5.74, 6) is 0.386. The van der Waals surface area contributed by atoms with Gasteiger partial charge in [0.2, 0.25) is 5.75 Å². The van der Waals surface area contributed by atoms with Gasteiger partial charge in [-0.05, 0) is 18.2 Å². The Hall–Kier alpha value is -3.37. The van der Waals surface area contributed by atoms with Crippen molar-refractivity contribution in [2.45, 2.75) is 0 Å². The van der Waals surface area contributed by atoms with Gasteiger partial charge >= 0.3 is 5.63 Å². The summed E-state index contributed by atoms with van der Waals surface area (Å²) in [5, 5.41) is 10.8. The average Bonchev–Trinajstić information content (AvgIpc) is 3.09. The molecule has 4 aromatic rings. The van der Waals surface area contributed by atoms with Crippen LogP contribution in [0.25, 0.3) is 31.8 Å². The topological polar surface area (TPSA) is 85.4 Å². The number of nitrogens with zero attached hydrogens (tertiary/aromatic N) is 2. The first-order chi connectivity index (χ1) is 12.7. The van der Waals surface area contributed by atoms with Crippen LogP contribution in [0.2, 0.25) is 0 Å². The maximum absolute atomic E-state index is 12.1. The van der Waals surface area contributed by atoms with Crippen molar-refractivity contribution in [1.82, 2.24) is 4.98 Å². The number of hydrogen-bond donors (Lipinski definition) is 0. The molecule has 2 aromatic heterocycles. The lowest BCUT2D eigenvalue weighted by atomic mass is 10.0. The van der Waals surface area contributed by atoms with Crippen LogP contribution in [-0.2, 0) is 0 Å². The van der Waals surface area contributed by atoms with Crippen LogP contribution in [0.1, 0.15) is 5.56 Å². The Morgan fingerprint density at radius 3 is 2.69 bits per heavy atom. The van der Waals surface area contributed by atoms with Gasteiger partial charge in [-0.15, -0.1) is 11.3 Å². The molecule has 0 bridgehead atoms. The SMILES string of the molecule is COc1cc(-c2nc3ccccc3s2)c2c(C#N)c(OC)c(=O)oc2c1. The smallest absolute Gasteiger partial charge is 0.380 e. The summed E-state index contributed by atoms with van der Waals surface area (Å²) in [6.07, 6.45) is 0. The third-order valence-corrected chi connectivity index (χ3v) is 5.09. The maximum atomic E-state index is 12.1. The van der Waals surface area contributed by atoms with Crippen LogP contribution >= 0.6 is 11.3 Å². The van der Waals surface area contributed by atoms with E-state index < -0.39 is 5.63 Å². The number of thiazole rings is 1. The first-order valence-corrected chi connectivity index (χ1v) is 8.46. The Labute approximate surface area is 151 Å². The second kappa shape index (κ2) is 6.17. The van der Waals surface area contributed by atoms with Crippen LogP contribution in [0.4, 0.5) is 0 Å². The molecule has 0 spiro atoms. The summed E-state index contributed by atoms with van der Waals surface area (Å²) in [6.45, 7) is 0. The summed E-state index contributed by atoms with van der Waals surface area (Å²) in [4.78, 5) is 16.8. The van der Waals surface area contributed by atoms with E-state index in [0.717, 1.165) is 10.2 Å². The van der Waals surface area contributed by atoms with Gasteiger partial charge in [0.25, 0.3) is 0 Å². The zero-order valence-corrected chi connectivity index (χ0v) is 14.7. The number of hydrogen-bond acceptors (Lipinski definition) is 7. The molecule has 0 radical (unpaired) electrons. The lowest BCUT2D eigenvalue weighted by Gasteiger charge is -2.10. The maximum Gasteiger partial charge on any atom is 0.380 e. The molecular formula is C19H12N2O4S. The highest BCUT2D eigenvalue weighted by atomic mass is 32.1. The highest BCUT2D eigenvalue weighted by Gasteiger charge is 2.21. The molecule has 2 aromatic carbocycles. The number of fused-ring (bicyclic) bond motifs is 2. The first kappa shape index (κ1) is 16.1. The fourth-order valence-corrected chi connectivity index (χ4v) is 3.84. The Morgan fingerprint density at radius 2 is 2.00 bits per heavy atom. The van der Waals surface area contributed by atoms with Gasteiger partial charge < -0.3 is 13.9 Å². The second-order valence-corrected chi connectivity index (χ2v) is 6.48. The molecule has 0 saturated carbocycles. The van der Waals surface area contributed by atoms with Crippen molar-refractivity contribution in [3.8, 4) is 28.1 Å². The molecule has 0 amide bonds.